The summed E-state index contributed by atoms with van der Waals surface area (Å²) in [5.41, 5.74) is 2.09. The lowest BCUT2D eigenvalue weighted by atomic mass is 9.82. The maximum Gasteiger partial charge on any atom is 0.345 e. The predicted molar refractivity (Wildman–Crippen MR) is 91.3 cm³/mol. The third-order valence-electron chi connectivity index (χ3n) is 4.38. The van der Waals surface area contributed by atoms with Crippen LogP contribution in [-0.4, -0.2) is 36.4 Å². The zero-order chi connectivity index (χ0) is 16.6. The van der Waals surface area contributed by atoms with Crippen LogP contribution >= 0.6 is 23.5 Å². The van der Waals surface area contributed by atoms with Gasteiger partial charge in [-0.15, -0.1) is 23.5 Å². The molecule has 3 unspecified atom stereocenters. The van der Waals surface area contributed by atoms with E-state index in [1.807, 2.05) is 35.7 Å². The number of carbonyl (C=O) groups excluding carboxylic acids is 1. The first kappa shape index (κ1) is 16.8. The van der Waals surface area contributed by atoms with Crippen molar-refractivity contribution in [1.82, 2.24) is 0 Å². The Morgan fingerprint density at radius 1 is 1.30 bits per heavy atom. The molecule has 3 rings (SSSR count). The Morgan fingerprint density at radius 2 is 2.00 bits per heavy atom. The molecule has 0 bridgehead atoms. The number of methoxy groups -OCH3 is 2. The van der Waals surface area contributed by atoms with E-state index in [0.717, 1.165) is 28.4 Å². The van der Waals surface area contributed by atoms with Crippen molar-refractivity contribution in [3.63, 3.8) is 0 Å². The molecule has 3 atom stereocenters. The van der Waals surface area contributed by atoms with Crippen molar-refractivity contribution in [3.05, 3.63) is 23.3 Å². The number of ether oxygens (including phenoxy) is 2. The van der Waals surface area contributed by atoms with Gasteiger partial charge in [0, 0.05) is 22.1 Å². The van der Waals surface area contributed by atoms with Crippen molar-refractivity contribution in [3.8, 4) is 11.5 Å². The van der Waals surface area contributed by atoms with Crippen molar-refractivity contribution in [2.75, 3.05) is 20.0 Å². The van der Waals surface area contributed by atoms with E-state index in [4.69, 9.17) is 14.7 Å². The summed E-state index contributed by atoms with van der Waals surface area (Å²) in [6.07, 6.45) is 1.09. The van der Waals surface area contributed by atoms with Gasteiger partial charge in [-0.2, -0.15) is 5.26 Å². The molecule has 1 aliphatic carbocycles. The smallest absolute Gasteiger partial charge is 0.345 e. The summed E-state index contributed by atoms with van der Waals surface area (Å²) in [4.78, 5) is 16.0. The van der Waals surface area contributed by atoms with Crippen molar-refractivity contribution in [2.45, 2.75) is 29.1 Å². The van der Waals surface area contributed by atoms with Crippen LogP contribution in [0.1, 0.15) is 24.5 Å². The normalized spacial score (nSPS) is 29.2. The van der Waals surface area contributed by atoms with Gasteiger partial charge < -0.3 is 14.4 Å². The Bertz CT molecular complexity index is 621. The van der Waals surface area contributed by atoms with Gasteiger partial charge in [-0.3, -0.25) is 0 Å². The number of hydrogen-bond acceptors (Lipinski definition) is 7. The van der Waals surface area contributed by atoms with Gasteiger partial charge in [0.15, 0.2) is 0 Å². The van der Waals surface area contributed by atoms with Crippen molar-refractivity contribution in [1.29, 1.82) is 0 Å². The fourth-order valence-corrected chi connectivity index (χ4v) is 7.38. The van der Waals surface area contributed by atoms with E-state index in [2.05, 4.69) is 11.8 Å². The van der Waals surface area contributed by atoms with Gasteiger partial charge in [-0.25, -0.2) is 4.79 Å². The van der Waals surface area contributed by atoms with Crippen LogP contribution in [0.15, 0.2) is 12.1 Å². The van der Waals surface area contributed by atoms with Gasteiger partial charge in [-0.05, 0) is 25.0 Å². The maximum absolute atomic E-state index is 12.0. The highest BCUT2D eigenvalue weighted by atomic mass is 32.2. The molecule has 1 heterocycles. The molecule has 1 spiro atoms. The third-order valence-corrected chi connectivity index (χ3v) is 8.06. The van der Waals surface area contributed by atoms with Crippen LogP contribution in [0.5, 0.6) is 11.5 Å². The zero-order valence-electron chi connectivity index (χ0n) is 13.3. The largest absolute Gasteiger partial charge is 0.496 e. The molecular weight excluding hydrogens is 336 g/mol. The Balaban J connectivity index is 2.17. The van der Waals surface area contributed by atoms with Crippen LogP contribution in [-0.2, 0) is 20.2 Å². The highest BCUT2D eigenvalue weighted by Crippen LogP contribution is 2.64. The first-order valence-electron chi connectivity index (χ1n) is 7.46. The van der Waals surface area contributed by atoms with Gasteiger partial charge in [0.05, 0.1) is 24.2 Å². The van der Waals surface area contributed by atoms with Crippen LogP contribution < -0.4 is 9.47 Å². The molecule has 0 saturated carbocycles. The minimum Gasteiger partial charge on any atom is -0.496 e. The Hall–Kier alpha value is -1.05. The van der Waals surface area contributed by atoms with E-state index >= 15 is 0 Å². The maximum atomic E-state index is 12.0. The van der Waals surface area contributed by atoms with Gasteiger partial charge in [0.2, 0.25) is 0 Å². The minimum absolute atomic E-state index is 0.272. The third kappa shape index (κ3) is 2.79. The molecule has 0 amide bonds. The number of hydrogen-bond donors (Lipinski definition) is 1. The van der Waals surface area contributed by atoms with Crippen molar-refractivity contribution >= 4 is 29.5 Å². The number of fused-ring (bicyclic) bond motifs is 2. The number of carbonyl (C=O) groups is 1. The minimum atomic E-state index is -0.583. The molecule has 126 valence electrons. The Morgan fingerprint density at radius 3 is 2.57 bits per heavy atom. The van der Waals surface area contributed by atoms with Crippen LogP contribution in [0, 0.1) is 5.92 Å². The SMILES string of the molecule is COc1ccc(OC)c2c1CC(C(=O)OO)CC21SCC(C)S1. The van der Waals surface area contributed by atoms with E-state index in [-0.39, 0.29) is 10.00 Å². The summed E-state index contributed by atoms with van der Waals surface area (Å²) < 4.78 is 10.9. The second-order valence-corrected chi connectivity index (χ2v) is 9.15. The van der Waals surface area contributed by atoms with E-state index in [9.17, 15) is 4.79 Å². The second-order valence-electron chi connectivity index (χ2n) is 5.83. The first-order chi connectivity index (χ1) is 11.0. The molecule has 0 aromatic heterocycles. The fraction of sp³-hybridized carbons (Fsp3) is 0.562. The Labute approximate surface area is 144 Å². The number of benzene rings is 1. The van der Waals surface area contributed by atoms with Crippen molar-refractivity contribution < 1.29 is 24.4 Å². The van der Waals surface area contributed by atoms with E-state index in [0.29, 0.717) is 18.1 Å². The lowest BCUT2D eigenvalue weighted by Gasteiger charge is -2.39. The highest BCUT2D eigenvalue weighted by molar-refractivity contribution is 8.21. The van der Waals surface area contributed by atoms with Crippen LogP contribution in [0.25, 0.3) is 0 Å². The average Bonchev–Trinajstić information content (AvgIpc) is 2.93. The molecule has 0 radical (unpaired) electrons. The number of rotatable bonds is 3. The lowest BCUT2D eigenvalue weighted by molar-refractivity contribution is -0.239. The van der Waals surface area contributed by atoms with Gasteiger partial charge in [0.25, 0.3) is 0 Å². The van der Waals surface area contributed by atoms with Crippen molar-refractivity contribution in [2.24, 2.45) is 5.92 Å². The molecule has 23 heavy (non-hydrogen) atoms. The molecule has 1 N–H and O–H groups in total. The second kappa shape index (κ2) is 6.45. The average molecular weight is 356 g/mol. The van der Waals surface area contributed by atoms with E-state index in [1.165, 1.54) is 0 Å². The predicted octanol–water partition coefficient (Wildman–Crippen LogP) is 3.30. The first-order valence-corrected chi connectivity index (χ1v) is 9.32. The van der Waals surface area contributed by atoms with E-state index < -0.39 is 5.97 Å². The van der Waals surface area contributed by atoms with Crippen LogP contribution in [0.3, 0.4) is 0 Å². The molecule has 1 fully saturated rings. The zero-order valence-corrected chi connectivity index (χ0v) is 15.0. The van der Waals surface area contributed by atoms with Gasteiger partial charge in [-0.1, -0.05) is 6.92 Å². The topological polar surface area (TPSA) is 65.0 Å². The summed E-state index contributed by atoms with van der Waals surface area (Å²) in [6.45, 7) is 2.19. The van der Waals surface area contributed by atoms with Crippen LogP contribution in [0.4, 0.5) is 0 Å². The van der Waals surface area contributed by atoms with Crippen LogP contribution in [0.2, 0.25) is 0 Å². The molecule has 7 heteroatoms. The number of thioether (sulfide) groups is 2. The summed E-state index contributed by atoms with van der Waals surface area (Å²) in [5.74, 6) is 1.60. The molecule has 5 nitrogen and oxygen atoms in total. The molecule has 1 aliphatic heterocycles. The lowest BCUT2D eigenvalue weighted by Crippen LogP contribution is -2.34. The molecule has 1 saturated heterocycles. The van der Waals surface area contributed by atoms with Gasteiger partial charge in [0.1, 0.15) is 11.5 Å². The monoisotopic (exact) mass is 356 g/mol. The van der Waals surface area contributed by atoms with Gasteiger partial charge >= 0.3 is 5.97 Å². The molecular formula is C16H20O5S2. The fourth-order valence-electron chi connectivity index (χ4n) is 3.46. The standard InChI is InChI=1S/C16H20O5S2/c1-9-8-22-16(23-9)7-10(15(17)21-18)6-11-12(19-2)4-5-13(20-3)14(11)16/h4-5,9-10,18H,6-8H2,1-3H3. The molecule has 1 aromatic rings. The quantitative estimate of drug-likeness (QED) is 0.658. The summed E-state index contributed by atoms with van der Waals surface area (Å²) in [6, 6.07) is 3.79. The van der Waals surface area contributed by atoms with E-state index in [1.54, 1.807) is 14.2 Å². The molecule has 2 aliphatic rings. The molecule has 1 aromatic carbocycles. The highest BCUT2D eigenvalue weighted by Gasteiger charge is 2.50. The summed E-state index contributed by atoms with van der Waals surface area (Å²) in [5, 5.41) is 9.31. The Kier molecular flexibility index (Phi) is 4.71. The summed E-state index contributed by atoms with van der Waals surface area (Å²) >= 11 is 3.68. The summed E-state index contributed by atoms with van der Waals surface area (Å²) in [7, 11) is 3.29.